The molecule has 6 heteroatoms. The predicted octanol–water partition coefficient (Wildman–Crippen LogP) is 3.44. The van der Waals surface area contributed by atoms with Gasteiger partial charge in [0.15, 0.2) is 6.61 Å². The summed E-state index contributed by atoms with van der Waals surface area (Å²) in [6.45, 7) is 0.581. The van der Waals surface area contributed by atoms with Gasteiger partial charge in [-0.3, -0.25) is 4.79 Å². The number of nitrogens with two attached hydrogens (primary N) is 1. The van der Waals surface area contributed by atoms with E-state index in [0.29, 0.717) is 23.4 Å². The van der Waals surface area contributed by atoms with Crippen molar-refractivity contribution in [3.05, 3.63) is 28.8 Å². The van der Waals surface area contributed by atoms with E-state index >= 15 is 0 Å². The number of hydrogen-bond acceptors (Lipinski definition) is 3. The SMILES string of the molecule is Cl.NC(=O)COc1ccc(Cl)cc1CNC1CCCCCC1. The summed E-state index contributed by atoms with van der Waals surface area (Å²) < 4.78 is 5.44. The van der Waals surface area contributed by atoms with E-state index < -0.39 is 5.91 Å². The first-order valence-electron chi connectivity index (χ1n) is 7.58. The normalized spacial score (nSPS) is 15.7. The van der Waals surface area contributed by atoms with E-state index in [2.05, 4.69) is 5.32 Å². The van der Waals surface area contributed by atoms with Gasteiger partial charge in [-0.1, -0.05) is 37.3 Å². The van der Waals surface area contributed by atoms with Crippen molar-refractivity contribution in [3.63, 3.8) is 0 Å². The topological polar surface area (TPSA) is 64.4 Å². The average Bonchev–Trinajstić information content (AvgIpc) is 2.72. The summed E-state index contributed by atoms with van der Waals surface area (Å²) in [4.78, 5) is 10.8. The molecule has 22 heavy (non-hydrogen) atoms. The van der Waals surface area contributed by atoms with Crippen molar-refractivity contribution < 1.29 is 9.53 Å². The molecule has 0 aliphatic heterocycles. The summed E-state index contributed by atoms with van der Waals surface area (Å²) in [6, 6.07) is 5.97. The Morgan fingerprint density at radius 3 is 2.59 bits per heavy atom. The van der Waals surface area contributed by atoms with Gasteiger partial charge in [-0.15, -0.1) is 12.4 Å². The van der Waals surface area contributed by atoms with Gasteiger partial charge in [-0.25, -0.2) is 0 Å². The molecule has 0 radical (unpaired) electrons. The second kappa shape index (κ2) is 9.93. The van der Waals surface area contributed by atoms with Crippen LogP contribution in [0.4, 0.5) is 0 Å². The van der Waals surface area contributed by atoms with Gasteiger partial charge in [0, 0.05) is 23.2 Å². The van der Waals surface area contributed by atoms with Crippen LogP contribution in [0.5, 0.6) is 5.75 Å². The number of nitrogens with one attached hydrogen (secondary N) is 1. The van der Waals surface area contributed by atoms with Crippen molar-refractivity contribution in [1.29, 1.82) is 0 Å². The first kappa shape index (κ1) is 19.1. The lowest BCUT2D eigenvalue weighted by atomic mass is 10.1. The highest BCUT2D eigenvalue weighted by molar-refractivity contribution is 6.30. The van der Waals surface area contributed by atoms with Crippen molar-refractivity contribution in [2.45, 2.75) is 51.1 Å². The predicted molar refractivity (Wildman–Crippen MR) is 91.7 cm³/mol. The van der Waals surface area contributed by atoms with E-state index in [4.69, 9.17) is 22.1 Å². The van der Waals surface area contributed by atoms with E-state index in [0.717, 1.165) is 5.56 Å². The molecule has 4 nitrogen and oxygen atoms in total. The maximum absolute atomic E-state index is 10.8. The van der Waals surface area contributed by atoms with Crippen molar-refractivity contribution in [1.82, 2.24) is 5.32 Å². The van der Waals surface area contributed by atoms with Crippen LogP contribution in [-0.4, -0.2) is 18.6 Å². The van der Waals surface area contributed by atoms with Crippen molar-refractivity contribution in [3.8, 4) is 5.75 Å². The lowest BCUT2D eigenvalue weighted by molar-refractivity contribution is -0.119. The van der Waals surface area contributed by atoms with E-state index in [1.54, 1.807) is 12.1 Å². The van der Waals surface area contributed by atoms with Crippen LogP contribution in [0.2, 0.25) is 5.02 Å². The minimum atomic E-state index is -0.479. The number of amides is 1. The zero-order valence-electron chi connectivity index (χ0n) is 12.6. The minimum Gasteiger partial charge on any atom is -0.483 e. The van der Waals surface area contributed by atoms with Crippen LogP contribution in [0.1, 0.15) is 44.1 Å². The molecular formula is C16H24Cl2N2O2. The number of carbonyl (C=O) groups excluding carboxylic acids is 1. The van der Waals surface area contributed by atoms with Gasteiger partial charge < -0.3 is 15.8 Å². The van der Waals surface area contributed by atoms with E-state index in [-0.39, 0.29) is 19.0 Å². The molecule has 1 amide bonds. The largest absolute Gasteiger partial charge is 0.483 e. The fourth-order valence-electron chi connectivity index (χ4n) is 2.71. The highest BCUT2D eigenvalue weighted by Gasteiger charge is 2.13. The highest BCUT2D eigenvalue weighted by Crippen LogP contribution is 2.24. The zero-order valence-corrected chi connectivity index (χ0v) is 14.2. The van der Waals surface area contributed by atoms with Crippen LogP contribution in [0.25, 0.3) is 0 Å². The summed E-state index contributed by atoms with van der Waals surface area (Å²) >= 11 is 6.05. The summed E-state index contributed by atoms with van der Waals surface area (Å²) in [6.07, 6.45) is 7.69. The molecule has 0 saturated heterocycles. The molecule has 3 N–H and O–H groups in total. The Morgan fingerprint density at radius 1 is 1.27 bits per heavy atom. The lowest BCUT2D eigenvalue weighted by Crippen LogP contribution is -2.28. The van der Waals surface area contributed by atoms with Crippen LogP contribution < -0.4 is 15.8 Å². The van der Waals surface area contributed by atoms with Gasteiger partial charge >= 0.3 is 0 Å². The maximum Gasteiger partial charge on any atom is 0.255 e. The van der Waals surface area contributed by atoms with E-state index in [1.807, 2.05) is 6.07 Å². The molecule has 1 aromatic carbocycles. The molecule has 2 rings (SSSR count). The van der Waals surface area contributed by atoms with Gasteiger partial charge in [0.05, 0.1) is 0 Å². The summed E-state index contributed by atoms with van der Waals surface area (Å²) in [7, 11) is 0. The second-order valence-corrected chi connectivity index (χ2v) is 6.01. The number of benzene rings is 1. The number of rotatable bonds is 6. The molecule has 0 bridgehead atoms. The van der Waals surface area contributed by atoms with Crippen LogP contribution in [0.3, 0.4) is 0 Å². The third kappa shape index (κ3) is 6.42. The zero-order chi connectivity index (χ0) is 15.1. The Hall–Kier alpha value is -0.970. The first-order valence-corrected chi connectivity index (χ1v) is 7.96. The average molecular weight is 347 g/mol. The molecule has 1 aliphatic rings. The lowest BCUT2D eigenvalue weighted by Gasteiger charge is -2.18. The quantitative estimate of drug-likeness (QED) is 0.775. The number of primary amides is 1. The standard InChI is InChI=1S/C16H23ClN2O2.ClH/c17-13-7-8-15(21-11-16(18)20)12(9-13)10-19-14-5-3-1-2-4-6-14;/h7-9,14,19H,1-6,10-11H2,(H2,18,20);1H. The van der Waals surface area contributed by atoms with Gasteiger partial charge in [0.1, 0.15) is 5.75 Å². The second-order valence-electron chi connectivity index (χ2n) is 5.58. The Bertz CT molecular complexity index is 475. The number of carbonyl (C=O) groups is 1. The van der Waals surface area contributed by atoms with Crippen LogP contribution in [-0.2, 0) is 11.3 Å². The van der Waals surface area contributed by atoms with Crippen molar-refractivity contribution in [2.75, 3.05) is 6.61 Å². The molecule has 0 atom stereocenters. The molecule has 1 saturated carbocycles. The number of hydrogen-bond donors (Lipinski definition) is 2. The number of ether oxygens (including phenoxy) is 1. The molecule has 1 aromatic rings. The van der Waals surface area contributed by atoms with E-state index in [9.17, 15) is 4.79 Å². The molecule has 1 aliphatic carbocycles. The van der Waals surface area contributed by atoms with Crippen LogP contribution >= 0.6 is 24.0 Å². The molecule has 124 valence electrons. The van der Waals surface area contributed by atoms with Crippen LogP contribution in [0, 0.1) is 0 Å². The van der Waals surface area contributed by atoms with Crippen molar-refractivity contribution >= 4 is 29.9 Å². The van der Waals surface area contributed by atoms with Gasteiger partial charge in [-0.2, -0.15) is 0 Å². The van der Waals surface area contributed by atoms with Gasteiger partial charge in [0.25, 0.3) is 5.91 Å². The molecular weight excluding hydrogens is 323 g/mol. The molecule has 0 aromatic heterocycles. The van der Waals surface area contributed by atoms with Gasteiger partial charge in [0.2, 0.25) is 0 Å². The molecule has 1 fully saturated rings. The summed E-state index contributed by atoms with van der Waals surface area (Å²) in [5, 5.41) is 4.24. The Balaban J connectivity index is 0.00000242. The van der Waals surface area contributed by atoms with Gasteiger partial charge in [-0.05, 0) is 31.0 Å². The van der Waals surface area contributed by atoms with Crippen LogP contribution in [0.15, 0.2) is 18.2 Å². The Labute approximate surface area is 143 Å². The maximum atomic E-state index is 10.8. The summed E-state index contributed by atoms with van der Waals surface area (Å²) in [5.74, 6) is 0.187. The highest BCUT2D eigenvalue weighted by atomic mass is 35.5. The summed E-state index contributed by atoms with van der Waals surface area (Å²) in [5.41, 5.74) is 6.09. The first-order chi connectivity index (χ1) is 10.1. The Kier molecular flexibility index (Phi) is 8.61. The Morgan fingerprint density at radius 2 is 1.95 bits per heavy atom. The van der Waals surface area contributed by atoms with Crippen molar-refractivity contribution in [2.24, 2.45) is 5.73 Å². The fourth-order valence-corrected chi connectivity index (χ4v) is 2.91. The third-order valence-corrected chi connectivity index (χ3v) is 4.06. The molecule has 0 unspecified atom stereocenters. The molecule has 0 heterocycles. The number of halogens is 2. The molecule has 0 spiro atoms. The van der Waals surface area contributed by atoms with E-state index in [1.165, 1.54) is 38.5 Å². The third-order valence-electron chi connectivity index (χ3n) is 3.83. The fraction of sp³-hybridized carbons (Fsp3) is 0.562. The monoisotopic (exact) mass is 346 g/mol. The smallest absolute Gasteiger partial charge is 0.255 e. The minimum absolute atomic E-state index is 0.